The van der Waals surface area contributed by atoms with E-state index in [4.69, 9.17) is 5.73 Å². The Balaban J connectivity index is 1.64. The molecule has 2 aromatic rings. The summed E-state index contributed by atoms with van der Waals surface area (Å²) in [6.45, 7) is 4.01. The number of halogens is 4. The highest BCUT2D eigenvalue weighted by molar-refractivity contribution is 6.24. The molecule has 33 heavy (non-hydrogen) atoms. The first kappa shape index (κ1) is 22.6. The second-order valence-electron chi connectivity index (χ2n) is 8.16. The van der Waals surface area contributed by atoms with E-state index in [0.717, 1.165) is 17.2 Å². The first-order chi connectivity index (χ1) is 15.4. The number of nitrogens with two attached hydrogens (primary N) is 1. The fourth-order valence-electron chi connectivity index (χ4n) is 3.84. The maximum absolute atomic E-state index is 13.9. The number of anilines is 1. The number of aliphatic imine (C=N–C) groups is 1. The van der Waals surface area contributed by atoms with Crippen LogP contribution in [-0.2, 0) is 18.0 Å². The van der Waals surface area contributed by atoms with Gasteiger partial charge in [-0.2, -0.15) is 18.3 Å². The molecule has 11 heteroatoms. The number of carbonyl (C=O) groups is 1. The summed E-state index contributed by atoms with van der Waals surface area (Å²) in [6, 6.07) is 0.842. The van der Waals surface area contributed by atoms with Crippen molar-refractivity contribution in [3.8, 4) is 0 Å². The molecule has 0 saturated carbocycles. The molecule has 0 spiro atoms. The fourth-order valence-corrected chi connectivity index (χ4v) is 3.84. The molecule has 174 valence electrons. The molecule has 1 aromatic carbocycles. The molecule has 7 nitrogen and oxygen atoms in total. The molecule has 0 unspecified atom stereocenters. The first-order valence-corrected chi connectivity index (χ1v) is 10.2. The summed E-state index contributed by atoms with van der Waals surface area (Å²) in [4.78, 5) is 19.6. The van der Waals surface area contributed by atoms with Crippen molar-refractivity contribution in [2.75, 3.05) is 12.3 Å². The van der Waals surface area contributed by atoms with Gasteiger partial charge in [-0.05, 0) is 37.6 Å². The predicted molar refractivity (Wildman–Crippen MR) is 115 cm³/mol. The summed E-state index contributed by atoms with van der Waals surface area (Å²) >= 11 is 0. The summed E-state index contributed by atoms with van der Waals surface area (Å²) in [5.41, 5.74) is 5.21. The zero-order chi connectivity index (χ0) is 24.1. The number of aromatic nitrogens is 2. The lowest BCUT2D eigenvalue weighted by atomic mass is 10.00. The van der Waals surface area contributed by atoms with Gasteiger partial charge < -0.3 is 16.0 Å². The zero-order valence-corrected chi connectivity index (χ0v) is 18.1. The van der Waals surface area contributed by atoms with Gasteiger partial charge >= 0.3 is 6.18 Å². The van der Waals surface area contributed by atoms with Crippen LogP contribution in [0.5, 0.6) is 0 Å². The summed E-state index contributed by atoms with van der Waals surface area (Å²) < 4.78 is 55.1. The van der Waals surface area contributed by atoms with Gasteiger partial charge in [-0.1, -0.05) is 0 Å². The Morgan fingerprint density at radius 3 is 2.70 bits per heavy atom. The molecular formula is C22H22F4N6O. The molecule has 0 aliphatic carbocycles. The number of nitrogens with zero attached hydrogens (tertiary/aromatic N) is 4. The summed E-state index contributed by atoms with van der Waals surface area (Å²) in [6.07, 6.45) is 2.12. The van der Waals surface area contributed by atoms with Crippen molar-refractivity contribution in [1.29, 1.82) is 0 Å². The molecule has 0 saturated heterocycles. The van der Waals surface area contributed by atoms with E-state index >= 15 is 0 Å². The van der Waals surface area contributed by atoms with E-state index in [1.165, 1.54) is 6.92 Å². The van der Waals surface area contributed by atoms with Gasteiger partial charge in [-0.15, -0.1) is 0 Å². The smallest absolute Gasteiger partial charge is 0.396 e. The lowest BCUT2D eigenvalue weighted by molar-refractivity contribution is -0.139. The number of nitrogens with one attached hydrogen (secondary N) is 1. The number of benzene rings is 1. The van der Waals surface area contributed by atoms with Gasteiger partial charge in [0.15, 0.2) is 5.82 Å². The molecule has 2 aliphatic heterocycles. The number of carbonyl (C=O) groups excluding carboxylic acids is 1. The van der Waals surface area contributed by atoms with Gasteiger partial charge in [-0.3, -0.25) is 14.5 Å². The quantitative estimate of drug-likeness (QED) is 0.538. The third-order valence-corrected chi connectivity index (χ3v) is 5.47. The minimum atomic E-state index is -4.91. The fraction of sp³-hybridized carbons (Fsp3) is 0.318. The van der Waals surface area contributed by atoms with Gasteiger partial charge in [0, 0.05) is 37.1 Å². The Labute approximate surface area is 187 Å². The normalized spacial score (nSPS) is 18.9. The molecule has 0 bridgehead atoms. The molecule has 3 heterocycles. The van der Waals surface area contributed by atoms with Crippen molar-refractivity contribution in [3.05, 3.63) is 64.9 Å². The van der Waals surface area contributed by atoms with Gasteiger partial charge in [0.1, 0.15) is 5.84 Å². The topological polar surface area (TPSA) is 88.5 Å². The van der Waals surface area contributed by atoms with Crippen molar-refractivity contribution in [3.63, 3.8) is 0 Å². The molecule has 0 radical (unpaired) electrons. The number of aryl methyl sites for hydroxylation is 1. The highest BCUT2D eigenvalue weighted by Gasteiger charge is 2.36. The van der Waals surface area contributed by atoms with Gasteiger partial charge in [0.2, 0.25) is 0 Å². The van der Waals surface area contributed by atoms with Gasteiger partial charge in [0.05, 0.1) is 35.1 Å². The van der Waals surface area contributed by atoms with E-state index in [2.05, 4.69) is 15.4 Å². The minimum Gasteiger partial charge on any atom is -0.396 e. The number of hydrogen-bond donors (Lipinski definition) is 2. The molecule has 1 amide bonds. The van der Waals surface area contributed by atoms with E-state index in [9.17, 15) is 22.4 Å². The zero-order valence-electron chi connectivity index (χ0n) is 18.1. The van der Waals surface area contributed by atoms with Crippen molar-refractivity contribution < 1.29 is 22.4 Å². The van der Waals surface area contributed by atoms with Crippen LogP contribution in [0, 0.1) is 5.82 Å². The average molecular weight is 462 g/mol. The SMILES string of the molecule is C[C@@H]1CN2C=C(c3cnn(C)c3)C=C(C(=O)N[C@H](C)c3cc(N)c(F)c(C(F)(F)F)c3)C2=N1. The average Bonchev–Trinajstić information content (AvgIpc) is 3.32. The van der Waals surface area contributed by atoms with Crippen LogP contribution in [-0.4, -0.2) is 39.0 Å². The van der Waals surface area contributed by atoms with Crippen LogP contribution in [0.15, 0.2) is 47.4 Å². The van der Waals surface area contributed by atoms with Crippen molar-refractivity contribution in [2.24, 2.45) is 12.0 Å². The lowest BCUT2D eigenvalue weighted by Gasteiger charge is -2.25. The second kappa shape index (κ2) is 8.05. The van der Waals surface area contributed by atoms with E-state index in [-0.39, 0.29) is 17.2 Å². The van der Waals surface area contributed by atoms with Crippen LogP contribution in [0.4, 0.5) is 23.2 Å². The molecule has 4 rings (SSSR count). The van der Waals surface area contributed by atoms with Crippen LogP contribution < -0.4 is 11.1 Å². The van der Waals surface area contributed by atoms with Crippen LogP contribution in [0.25, 0.3) is 5.57 Å². The number of rotatable bonds is 4. The molecule has 0 fully saturated rings. The Morgan fingerprint density at radius 2 is 2.06 bits per heavy atom. The third-order valence-electron chi connectivity index (χ3n) is 5.47. The van der Waals surface area contributed by atoms with Gasteiger partial charge in [-0.25, -0.2) is 4.39 Å². The van der Waals surface area contributed by atoms with E-state index in [0.29, 0.717) is 18.4 Å². The second-order valence-corrected chi connectivity index (χ2v) is 8.16. The lowest BCUT2D eigenvalue weighted by Crippen LogP contribution is -2.36. The van der Waals surface area contributed by atoms with Crippen LogP contribution in [0.1, 0.15) is 36.6 Å². The third kappa shape index (κ3) is 4.35. The molecule has 1 aromatic heterocycles. The molecule has 2 atom stereocenters. The van der Waals surface area contributed by atoms with Crippen molar-refractivity contribution in [1.82, 2.24) is 20.0 Å². The highest BCUT2D eigenvalue weighted by atomic mass is 19.4. The number of alkyl halides is 3. The van der Waals surface area contributed by atoms with Crippen molar-refractivity contribution >= 4 is 23.0 Å². The maximum atomic E-state index is 13.9. The number of amides is 1. The Hall–Kier alpha value is -3.63. The summed E-state index contributed by atoms with van der Waals surface area (Å²) in [5, 5.41) is 6.84. The number of fused-ring (bicyclic) bond motifs is 1. The van der Waals surface area contributed by atoms with E-state index < -0.39 is 35.2 Å². The molecular weight excluding hydrogens is 440 g/mol. The molecule has 3 N–H and O–H groups in total. The summed E-state index contributed by atoms with van der Waals surface area (Å²) in [5.74, 6) is -1.57. The maximum Gasteiger partial charge on any atom is 0.419 e. The standard InChI is InChI=1S/C22H22F4N6O/c1-11-8-32-10-14(15-7-28-31(3)9-15)4-16(20(32)29-11)21(33)30-12(2)13-5-17(22(24,25)26)19(23)18(27)6-13/h4-7,9-12H,8,27H2,1-3H3,(H,30,33)/t11-,12-/m1/s1. The number of allylic oxidation sites excluding steroid dienone is 2. The Kier molecular flexibility index (Phi) is 5.51. The van der Waals surface area contributed by atoms with Crippen LogP contribution in [0.3, 0.4) is 0 Å². The van der Waals surface area contributed by atoms with Crippen LogP contribution in [0.2, 0.25) is 0 Å². The molecule has 2 aliphatic rings. The largest absolute Gasteiger partial charge is 0.419 e. The number of nitrogen functional groups attached to an aromatic ring is 1. The summed E-state index contributed by atoms with van der Waals surface area (Å²) in [7, 11) is 1.78. The minimum absolute atomic E-state index is 0.0348. The number of amidine groups is 1. The Bertz CT molecular complexity index is 1210. The number of hydrogen-bond acceptors (Lipinski definition) is 5. The predicted octanol–water partition coefficient (Wildman–Crippen LogP) is 3.42. The monoisotopic (exact) mass is 462 g/mol. The van der Waals surface area contributed by atoms with E-state index in [1.807, 2.05) is 24.2 Å². The van der Waals surface area contributed by atoms with Crippen LogP contribution >= 0.6 is 0 Å². The first-order valence-electron chi connectivity index (χ1n) is 10.2. The van der Waals surface area contributed by atoms with E-state index in [1.54, 1.807) is 24.0 Å². The van der Waals surface area contributed by atoms with Crippen molar-refractivity contribution in [2.45, 2.75) is 32.1 Å². The Morgan fingerprint density at radius 1 is 1.33 bits per heavy atom. The highest BCUT2D eigenvalue weighted by Crippen LogP contribution is 2.36. The van der Waals surface area contributed by atoms with Gasteiger partial charge in [0.25, 0.3) is 5.91 Å².